The van der Waals surface area contributed by atoms with E-state index < -0.39 is 6.03 Å². The number of methoxy groups -OCH3 is 1. The SMILES string of the molecule is COCCNc1cc(NC(=O)N(C)c2ncc(CN3CCN(C)CC3=C=O)c(C=O)n2)ncc1C#N. The molecular formula is C23H27N9O4. The third-order valence-electron chi connectivity index (χ3n) is 5.51. The van der Waals surface area contributed by atoms with Gasteiger partial charge in [-0.3, -0.25) is 19.9 Å². The van der Waals surface area contributed by atoms with Gasteiger partial charge in [-0.2, -0.15) is 5.26 Å². The highest BCUT2D eigenvalue weighted by molar-refractivity contribution is 6.00. The number of pyridine rings is 1. The van der Waals surface area contributed by atoms with E-state index in [0.717, 1.165) is 11.4 Å². The minimum atomic E-state index is -0.593. The van der Waals surface area contributed by atoms with Crippen molar-refractivity contribution >= 4 is 35.7 Å². The summed E-state index contributed by atoms with van der Waals surface area (Å²) in [6, 6.07) is 2.98. The summed E-state index contributed by atoms with van der Waals surface area (Å²) in [7, 11) is 4.93. The van der Waals surface area contributed by atoms with Crippen LogP contribution in [0.3, 0.4) is 0 Å². The number of aromatic nitrogens is 3. The van der Waals surface area contributed by atoms with E-state index in [2.05, 4.69) is 25.6 Å². The summed E-state index contributed by atoms with van der Waals surface area (Å²) in [5.74, 6) is 2.18. The molecule has 2 aromatic heterocycles. The molecule has 0 radical (unpaired) electrons. The lowest BCUT2D eigenvalue weighted by molar-refractivity contribution is 0.111. The summed E-state index contributed by atoms with van der Waals surface area (Å²) < 4.78 is 5.00. The molecule has 1 aliphatic heterocycles. The number of amides is 2. The number of rotatable bonds is 9. The van der Waals surface area contributed by atoms with Crippen molar-refractivity contribution in [3.63, 3.8) is 0 Å². The highest BCUT2D eigenvalue weighted by atomic mass is 16.5. The fourth-order valence-electron chi connectivity index (χ4n) is 3.46. The predicted molar refractivity (Wildman–Crippen MR) is 131 cm³/mol. The Kier molecular flexibility index (Phi) is 9.01. The van der Waals surface area contributed by atoms with Crippen molar-refractivity contribution in [2.75, 3.05) is 69.5 Å². The molecule has 13 heteroatoms. The average molecular weight is 494 g/mol. The van der Waals surface area contributed by atoms with Crippen molar-refractivity contribution in [3.8, 4) is 6.07 Å². The highest BCUT2D eigenvalue weighted by Crippen LogP contribution is 2.20. The van der Waals surface area contributed by atoms with Crippen LogP contribution in [0.15, 0.2) is 24.2 Å². The van der Waals surface area contributed by atoms with E-state index in [9.17, 15) is 19.6 Å². The van der Waals surface area contributed by atoms with E-state index in [0.29, 0.717) is 55.0 Å². The van der Waals surface area contributed by atoms with Crippen LogP contribution in [0.5, 0.6) is 0 Å². The number of nitriles is 1. The number of hydrogen-bond acceptors (Lipinski definition) is 11. The maximum Gasteiger partial charge on any atom is 0.329 e. The molecule has 0 bridgehead atoms. The van der Waals surface area contributed by atoms with Gasteiger partial charge in [0.25, 0.3) is 0 Å². The Morgan fingerprint density at radius 3 is 2.83 bits per heavy atom. The largest absolute Gasteiger partial charge is 0.383 e. The van der Waals surface area contributed by atoms with Crippen LogP contribution in [-0.2, 0) is 16.1 Å². The second-order valence-electron chi connectivity index (χ2n) is 8.04. The van der Waals surface area contributed by atoms with E-state index >= 15 is 0 Å². The average Bonchev–Trinajstić information content (AvgIpc) is 2.89. The lowest BCUT2D eigenvalue weighted by Gasteiger charge is -2.34. The molecule has 0 atom stereocenters. The molecule has 0 unspecified atom stereocenters. The summed E-state index contributed by atoms with van der Waals surface area (Å²) in [4.78, 5) is 53.4. The molecule has 0 aromatic carbocycles. The van der Waals surface area contributed by atoms with Crippen molar-refractivity contribution in [1.29, 1.82) is 5.26 Å². The third kappa shape index (κ3) is 6.39. The van der Waals surface area contributed by atoms with Crippen LogP contribution in [0.2, 0.25) is 0 Å². The molecule has 0 aliphatic carbocycles. The van der Waals surface area contributed by atoms with Crippen molar-refractivity contribution < 1.29 is 19.1 Å². The standard InChI is InChI=1S/C23H27N9O4/c1-30-5-6-32(18(13-30)14-33)12-17-11-27-22(28-20(17)15-34)31(2)23(35)29-21-8-19(25-4-7-36-3)16(9-24)10-26-21/h8,10-11,15H,4-7,12-13H2,1-3H3,(H2,25,26,29,35). The van der Waals surface area contributed by atoms with Gasteiger partial charge in [0.2, 0.25) is 5.95 Å². The lowest BCUT2D eigenvalue weighted by Crippen LogP contribution is -2.42. The molecule has 188 valence electrons. The molecule has 2 N–H and O–H groups in total. The number of urea groups is 1. The van der Waals surface area contributed by atoms with Gasteiger partial charge in [-0.1, -0.05) is 0 Å². The van der Waals surface area contributed by atoms with E-state index in [-0.39, 0.29) is 24.0 Å². The number of carbonyl (C=O) groups excluding carboxylic acids is 3. The van der Waals surface area contributed by atoms with Gasteiger partial charge < -0.3 is 15.0 Å². The minimum Gasteiger partial charge on any atom is -0.383 e. The van der Waals surface area contributed by atoms with E-state index in [1.807, 2.05) is 28.9 Å². The summed E-state index contributed by atoms with van der Waals surface area (Å²) >= 11 is 0. The zero-order chi connectivity index (χ0) is 26.1. The molecule has 13 nitrogen and oxygen atoms in total. The summed E-state index contributed by atoms with van der Waals surface area (Å²) in [6.45, 7) is 3.01. The van der Waals surface area contributed by atoms with Gasteiger partial charge in [-0.15, -0.1) is 0 Å². The van der Waals surface area contributed by atoms with Crippen LogP contribution in [0.25, 0.3) is 0 Å². The number of piperazine rings is 1. The van der Waals surface area contributed by atoms with Crippen molar-refractivity contribution in [2.24, 2.45) is 0 Å². The number of aldehydes is 1. The summed E-state index contributed by atoms with van der Waals surface area (Å²) in [5.41, 5.74) is 1.96. The van der Waals surface area contributed by atoms with E-state index in [1.165, 1.54) is 25.5 Å². The topological polar surface area (TPSA) is 157 Å². The molecule has 0 spiro atoms. The van der Waals surface area contributed by atoms with Gasteiger partial charge >= 0.3 is 6.03 Å². The van der Waals surface area contributed by atoms with Crippen molar-refractivity contribution in [1.82, 2.24) is 24.8 Å². The number of ether oxygens (including phenoxy) is 1. The monoisotopic (exact) mass is 493 g/mol. The van der Waals surface area contributed by atoms with Crippen LogP contribution in [0, 0.1) is 11.3 Å². The van der Waals surface area contributed by atoms with Crippen LogP contribution >= 0.6 is 0 Å². The van der Waals surface area contributed by atoms with Crippen LogP contribution in [0.1, 0.15) is 21.6 Å². The number of hydrogen-bond donors (Lipinski definition) is 2. The molecule has 2 aromatic rings. The first-order valence-electron chi connectivity index (χ1n) is 11.1. The quantitative estimate of drug-likeness (QED) is 0.288. The van der Waals surface area contributed by atoms with Gasteiger partial charge in [-0.25, -0.2) is 24.5 Å². The molecule has 3 heterocycles. The fourth-order valence-corrected chi connectivity index (χ4v) is 3.46. The van der Waals surface area contributed by atoms with Crippen LogP contribution in [0.4, 0.5) is 22.2 Å². The Bertz CT molecular complexity index is 1210. The molecular weight excluding hydrogens is 466 g/mol. The first-order valence-corrected chi connectivity index (χ1v) is 11.1. The van der Waals surface area contributed by atoms with Crippen LogP contribution < -0.4 is 15.5 Å². The Morgan fingerprint density at radius 1 is 1.33 bits per heavy atom. The van der Waals surface area contributed by atoms with Crippen molar-refractivity contribution in [2.45, 2.75) is 6.54 Å². The second-order valence-corrected chi connectivity index (χ2v) is 8.04. The number of anilines is 3. The fraction of sp³-hybridized carbons (Fsp3) is 0.391. The Labute approximate surface area is 208 Å². The smallest absolute Gasteiger partial charge is 0.329 e. The third-order valence-corrected chi connectivity index (χ3v) is 5.51. The van der Waals surface area contributed by atoms with Gasteiger partial charge in [0, 0.05) is 70.9 Å². The zero-order valence-corrected chi connectivity index (χ0v) is 20.3. The molecule has 3 rings (SSSR count). The van der Waals surface area contributed by atoms with Gasteiger partial charge in [0.05, 0.1) is 17.9 Å². The molecule has 1 saturated heterocycles. The van der Waals surface area contributed by atoms with Gasteiger partial charge in [0.15, 0.2) is 6.29 Å². The molecule has 2 amide bonds. The molecule has 0 saturated carbocycles. The van der Waals surface area contributed by atoms with Crippen LogP contribution in [-0.4, -0.2) is 97.0 Å². The predicted octanol–water partition coefficient (Wildman–Crippen LogP) is 0.745. The maximum absolute atomic E-state index is 12.8. The van der Waals surface area contributed by atoms with Gasteiger partial charge in [0.1, 0.15) is 29.2 Å². The minimum absolute atomic E-state index is 0.00923. The van der Waals surface area contributed by atoms with E-state index in [4.69, 9.17) is 4.74 Å². The maximum atomic E-state index is 12.8. The van der Waals surface area contributed by atoms with Crippen molar-refractivity contribution in [3.05, 3.63) is 41.0 Å². The number of likely N-dealkylation sites (N-methyl/N-ethyl adjacent to an activating group) is 1. The lowest BCUT2D eigenvalue weighted by atomic mass is 10.2. The normalized spacial score (nSPS) is 13.5. The Morgan fingerprint density at radius 2 is 2.14 bits per heavy atom. The molecule has 1 fully saturated rings. The first kappa shape index (κ1) is 26.2. The second kappa shape index (κ2) is 12.4. The summed E-state index contributed by atoms with van der Waals surface area (Å²) in [5, 5.41) is 15.0. The Balaban J connectivity index is 1.73. The molecule has 1 aliphatic rings. The number of nitrogens with one attached hydrogen (secondary N) is 2. The molecule has 36 heavy (non-hydrogen) atoms. The number of carbonyl (C=O) groups is 2. The zero-order valence-electron chi connectivity index (χ0n) is 20.3. The first-order chi connectivity index (χ1) is 17.4. The van der Waals surface area contributed by atoms with Gasteiger partial charge in [-0.05, 0) is 7.05 Å². The van der Waals surface area contributed by atoms with E-state index in [1.54, 1.807) is 7.11 Å². The summed E-state index contributed by atoms with van der Waals surface area (Å²) in [6.07, 6.45) is 3.40. The highest BCUT2D eigenvalue weighted by Gasteiger charge is 2.22. The number of nitrogens with zero attached hydrogens (tertiary/aromatic N) is 7. The Hall–Kier alpha value is -4.37.